The van der Waals surface area contributed by atoms with Crippen LogP contribution in [0.2, 0.25) is 0 Å². The Labute approximate surface area is 185 Å². The highest BCUT2D eigenvalue weighted by Crippen LogP contribution is 2.29. The van der Waals surface area contributed by atoms with E-state index in [0.29, 0.717) is 11.3 Å². The first kappa shape index (κ1) is 22.2. The lowest BCUT2D eigenvalue weighted by Gasteiger charge is -2.11. The van der Waals surface area contributed by atoms with Crippen LogP contribution in [0, 0.1) is 0 Å². The average Bonchev–Trinajstić information content (AvgIpc) is 2.77. The van der Waals surface area contributed by atoms with Crippen LogP contribution >= 0.6 is 11.9 Å². The molecule has 0 bridgehead atoms. The summed E-state index contributed by atoms with van der Waals surface area (Å²) in [5.41, 5.74) is 3.11. The fourth-order valence-electron chi connectivity index (χ4n) is 2.84. The number of methoxy groups -OCH3 is 1. The summed E-state index contributed by atoms with van der Waals surface area (Å²) in [5, 5.41) is 10.0. The number of phenols is 1. The third kappa shape index (κ3) is 5.79. The Hall–Kier alpha value is -3.45. The van der Waals surface area contributed by atoms with Crippen LogP contribution in [-0.2, 0) is 9.47 Å². The molecule has 0 fully saturated rings. The van der Waals surface area contributed by atoms with Gasteiger partial charge in [0.25, 0.3) is 0 Å². The van der Waals surface area contributed by atoms with Gasteiger partial charge in [0.15, 0.2) is 0 Å². The first-order valence-corrected chi connectivity index (χ1v) is 10.4. The molecule has 0 amide bonds. The number of nitrogens with one attached hydrogen (secondary N) is 1. The lowest BCUT2D eigenvalue weighted by atomic mass is 10.0. The Morgan fingerprint density at radius 2 is 1.65 bits per heavy atom. The second-order valence-electron chi connectivity index (χ2n) is 6.99. The summed E-state index contributed by atoms with van der Waals surface area (Å²) in [5.74, 6) is -1.10. The van der Waals surface area contributed by atoms with Crippen molar-refractivity contribution >= 4 is 29.6 Å². The second-order valence-corrected chi connectivity index (χ2v) is 7.87. The monoisotopic (exact) mass is 437 g/mol. The van der Waals surface area contributed by atoms with Crippen LogP contribution in [0.15, 0.2) is 71.6 Å². The van der Waals surface area contributed by atoms with E-state index in [1.54, 1.807) is 12.1 Å². The number of hydrogen-bond acceptors (Lipinski definition) is 7. The molecule has 0 heterocycles. The average molecular weight is 438 g/mol. The highest BCUT2D eigenvalue weighted by Gasteiger charge is 2.12. The van der Waals surface area contributed by atoms with E-state index in [-0.39, 0.29) is 23.4 Å². The van der Waals surface area contributed by atoms with E-state index in [0.717, 1.165) is 16.0 Å². The van der Waals surface area contributed by atoms with Gasteiger partial charge in [-0.15, -0.1) is 0 Å². The number of aromatic hydroxyl groups is 1. The summed E-state index contributed by atoms with van der Waals surface area (Å²) < 4.78 is 13.1. The van der Waals surface area contributed by atoms with Crippen molar-refractivity contribution in [2.24, 2.45) is 0 Å². The predicted molar refractivity (Wildman–Crippen MR) is 121 cm³/mol. The van der Waals surface area contributed by atoms with Crippen LogP contribution in [-0.4, -0.2) is 30.3 Å². The van der Waals surface area contributed by atoms with Crippen molar-refractivity contribution < 1.29 is 24.2 Å². The Balaban J connectivity index is 1.73. The van der Waals surface area contributed by atoms with Gasteiger partial charge in [0.1, 0.15) is 11.3 Å². The molecule has 0 spiro atoms. The molecule has 0 atom stereocenters. The Morgan fingerprint density at radius 3 is 2.32 bits per heavy atom. The molecule has 0 aliphatic heterocycles. The van der Waals surface area contributed by atoms with Crippen molar-refractivity contribution in [2.75, 3.05) is 11.8 Å². The molecule has 3 aromatic carbocycles. The fourth-order valence-corrected chi connectivity index (χ4v) is 3.54. The number of rotatable bonds is 7. The van der Waals surface area contributed by atoms with Crippen LogP contribution in [0.3, 0.4) is 0 Å². The molecule has 3 aromatic rings. The van der Waals surface area contributed by atoms with E-state index in [4.69, 9.17) is 4.74 Å². The Kier molecular flexibility index (Phi) is 7.20. The third-order valence-electron chi connectivity index (χ3n) is 4.30. The number of benzene rings is 3. The SMILES string of the molecule is COC(=O)c1ccc(NSc2cccc(-c3cccc(C(=O)OC(C)C)c3)c2)cc1O. The normalized spacial score (nSPS) is 10.6. The molecule has 160 valence electrons. The van der Waals surface area contributed by atoms with Gasteiger partial charge in [-0.3, -0.25) is 0 Å². The molecule has 6 nitrogen and oxygen atoms in total. The van der Waals surface area contributed by atoms with Crippen molar-refractivity contribution in [3.63, 3.8) is 0 Å². The van der Waals surface area contributed by atoms with Crippen LogP contribution in [0.1, 0.15) is 34.6 Å². The fraction of sp³-hybridized carbons (Fsp3) is 0.167. The number of ether oxygens (including phenoxy) is 2. The molecule has 3 rings (SSSR count). The zero-order valence-corrected chi connectivity index (χ0v) is 18.2. The summed E-state index contributed by atoms with van der Waals surface area (Å²) in [6.07, 6.45) is -0.178. The second kappa shape index (κ2) is 10.0. The van der Waals surface area contributed by atoms with Crippen molar-refractivity contribution in [3.05, 3.63) is 77.9 Å². The Morgan fingerprint density at radius 1 is 0.935 bits per heavy atom. The van der Waals surface area contributed by atoms with Gasteiger partial charge in [-0.2, -0.15) is 0 Å². The third-order valence-corrected chi connectivity index (χ3v) is 5.13. The minimum atomic E-state index is -0.594. The molecule has 0 aromatic heterocycles. The van der Waals surface area contributed by atoms with Gasteiger partial charge < -0.3 is 19.3 Å². The van der Waals surface area contributed by atoms with Crippen molar-refractivity contribution in [1.29, 1.82) is 0 Å². The molecule has 2 N–H and O–H groups in total. The molecule has 7 heteroatoms. The van der Waals surface area contributed by atoms with E-state index < -0.39 is 5.97 Å². The molecule has 0 aliphatic carbocycles. The number of anilines is 1. The van der Waals surface area contributed by atoms with Crippen LogP contribution in [0.4, 0.5) is 5.69 Å². The lowest BCUT2D eigenvalue weighted by molar-refractivity contribution is 0.0377. The molecule has 0 unspecified atom stereocenters. The van der Waals surface area contributed by atoms with Crippen LogP contribution in [0.25, 0.3) is 11.1 Å². The molecule has 0 radical (unpaired) electrons. The lowest BCUT2D eigenvalue weighted by Crippen LogP contribution is -2.11. The number of carbonyl (C=O) groups is 2. The maximum atomic E-state index is 12.2. The van der Waals surface area contributed by atoms with Crippen molar-refractivity contribution in [1.82, 2.24) is 0 Å². The predicted octanol–water partition coefficient (Wildman–Crippen LogP) is 5.53. The molecule has 0 aliphatic rings. The van der Waals surface area contributed by atoms with Gasteiger partial charge in [-0.25, -0.2) is 9.59 Å². The van der Waals surface area contributed by atoms with E-state index in [2.05, 4.69) is 9.46 Å². The first-order chi connectivity index (χ1) is 14.9. The highest BCUT2D eigenvalue weighted by molar-refractivity contribution is 8.00. The zero-order chi connectivity index (χ0) is 22.4. The van der Waals surface area contributed by atoms with Gasteiger partial charge in [-0.1, -0.05) is 24.3 Å². The van der Waals surface area contributed by atoms with Gasteiger partial charge in [0.2, 0.25) is 0 Å². The molecule has 0 saturated carbocycles. The number of hydrogen-bond donors (Lipinski definition) is 2. The van der Waals surface area contributed by atoms with E-state index in [1.807, 2.05) is 56.3 Å². The van der Waals surface area contributed by atoms with Gasteiger partial charge in [0, 0.05) is 16.6 Å². The molecule has 0 saturated heterocycles. The number of carbonyl (C=O) groups excluding carboxylic acids is 2. The smallest absolute Gasteiger partial charge is 0.341 e. The van der Waals surface area contributed by atoms with E-state index in [1.165, 1.54) is 31.2 Å². The molecule has 31 heavy (non-hydrogen) atoms. The molecular formula is C24H23NO5S. The zero-order valence-electron chi connectivity index (χ0n) is 17.4. The maximum absolute atomic E-state index is 12.2. The van der Waals surface area contributed by atoms with Crippen LogP contribution < -0.4 is 4.72 Å². The minimum absolute atomic E-state index is 0.107. The number of esters is 2. The van der Waals surface area contributed by atoms with E-state index >= 15 is 0 Å². The quantitative estimate of drug-likeness (QED) is 0.371. The topological polar surface area (TPSA) is 84.9 Å². The standard InChI is InChI=1S/C24H23NO5S/c1-15(2)30-23(27)18-8-4-6-16(12-18)17-7-5-9-20(13-17)31-25-19-10-11-21(22(26)14-19)24(28)29-3/h4-15,25-26H,1-3H3. The van der Waals surface area contributed by atoms with Crippen molar-refractivity contribution in [2.45, 2.75) is 24.8 Å². The number of phenolic OH excluding ortho intramolecular Hbond substituents is 1. The highest BCUT2D eigenvalue weighted by atomic mass is 32.2. The summed E-state index contributed by atoms with van der Waals surface area (Å²) in [6.45, 7) is 3.64. The first-order valence-electron chi connectivity index (χ1n) is 9.63. The van der Waals surface area contributed by atoms with Gasteiger partial charge >= 0.3 is 11.9 Å². The van der Waals surface area contributed by atoms with Crippen LogP contribution in [0.5, 0.6) is 5.75 Å². The van der Waals surface area contributed by atoms with Gasteiger partial charge in [-0.05, 0) is 73.3 Å². The van der Waals surface area contributed by atoms with Gasteiger partial charge in [0.05, 0.1) is 18.8 Å². The summed E-state index contributed by atoms with van der Waals surface area (Å²) in [6, 6.07) is 19.8. The Bertz CT molecular complexity index is 1100. The summed E-state index contributed by atoms with van der Waals surface area (Å²) in [7, 11) is 1.26. The van der Waals surface area contributed by atoms with E-state index in [9.17, 15) is 14.7 Å². The maximum Gasteiger partial charge on any atom is 0.341 e. The summed E-state index contributed by atoms with van der Waals surface area (Å²) in [4.78, 5) is 24.7. The largest absolute Gasteiger partial charge is 0.507 e. The van der Waals surface area contributed by atoms with Crippen molar-refractivity contribution in [3.8, 4) is 16.9 Å². The minimum Gasteiger partial charge on any atom is -0.507 e. The summed E-state index contributed by atoms with van der Waals surface area (Å²) >= 11 is 1.36. The molecular weight excluding hydrogens is 414 g/mol.